The summed E-state index contributed by atoms with van der Waals surface area (Å²) >= 11 is 0. The van der Waals surface area contributed by atoms with Crippen LogP contribution in [-0.4, -0.2) is 5.11 Å². The quantitative estimate of drug-likeness (QED) is 0.845. The molecule has 0 aliphatic carbocycles. The zero-order chi connectivity index (χ0) is 15.6. The molecule has 21 heavy (non-hydrogen) atoms. The molecule has 0 unspecified atom stereocenters. The van der Waals surface area contributed by atoms with Gasteiger partial charge in [-0.2, -0.15) is 13.2 Å². The molecule has 0 fully saturated rings. The van der Waals surface area contributed by atoms with Gasteiger partial charge in [-0.05, 0) is 46.4 Å². The molecule has 0 spiro atoms. The number of hydrogen-bond donors (Lipinski definition) is 1. The van der Waals surface area contributed by atoms with E-state index in [0.717, 1.165) is 28.8 Å². The fourth-order valence-corrected chi connectivity index (χ4v) is 2.34. The first-order valence-electron chi connectivity index (χ1n) is 6.74. The summed E-state index contributed by atoms with van der Waals surface area (Å²) in [6, 6.07) is 10.7. The van der Waals surface area contributed by atoms with Crippen LogP contribution in [-0.2, 0) is 12.8 Å². The number of rotatable bonds is 3. The first-order chi connectivity index (χ1) is 9.82. The zero-order valence-electron chi connectivity index (χ0n) is 11.9. The van der Waals surface area contributed by atoms with Crippen LogP contribution in [0.15, 0.2) is 42.5 Å². The van der Waals surface area contributed by atoms with Crippen molar-refractivity contribution in [3.63, 3.8) is 0 Å². The van der Waals surface area contributed by atoms with Crippen molar-refractivity contribution in [3.8, 4) is 11.1 Å². The van der Waals surface area contributed by atoms with Crippen LogP contribution in [0.25, 0.3) is 11.1 Å². The highest BCUT2D eigenvalue weighted by Crippen LogP contribution is 2.32. The van der Waals surface area contributed by atoms with E-state index >= 15 is 0 Å². The monoisotopic (exact) mass is 294 g/mol. The first-order valence-corrected chi connectivity index (χ1v) is 6.74. The van der Waals surface area contributed by atoms with Crippen molar-refractivity contribution in [1.82, 2.24) is 0 Å². The average Bonchev–Trinajstić information content (AvgIpc) is 2.45. The Morgan fingerprint density at radius 2 is 1.52 bits per heavy atom. The molecule has 0 saturated heterocycles. The molecule has 4 heteroatoms. The third-order valence-corrected chi connectivity index (χ3v) is 3.48. The van der Waals surface area contributed by atoms with Crippen molar-refractivity contribution in [2.75, 3.05) is 0 Å². The molecule has 0 atom stereocenters. The van der Waals surface area contributed by atoms with Crippen molar-refractivity contribution in [2.24, 2.45) is 0 Å². The number of hydrogen-bond acceptors (Lipinski definition) is 1. The van der Waals surface area contributed by atoms with E-state index in [1.54, 1.807) is 0 Å². The minimum absolute atomic E-state index is 0.0814. The Kier molecular flexibility index (Phi) is 4.37. The van der Waals surface area contributed by atoms with Crippen LogP contribution in [0, 0.1) is 0 Å². The number of benzene rings is 2. The predicted octanol–water partition coefficient (Wildman–Crippen LogP) is 4.99. The summed E-state index contributed by atoms with van der Waals surface area (Å²) in [5.74, 6) is 0.286. The summed E-state index contributed by atoms with van der Waals surface area (Å²) in [6.07, 6.45) is -4.32. The van der Waals surface area contributed by atoms with Gasteiger partial charge in [0.2, 0.25) is 0 Å². The highest BCUT2D eigenvalue weighted by molar-refractivity contribution is 5.65. The third-order valence-electron chi connectivity index (χ3n) is 3.48. The number of aliphatic hydroxyl groups is 1. The van der Waals surface area contributed by atoms with Gasteiger partial charge in [0.05, 0.1) is 12.2 Å². The Morgan fingerprint density at radius 3 is 2.00 bits per heavy atom. The lowest BCUT2D eigenvalue weighted by Gasteiger charge is -2.13. The number of alkyl halides is 3. The summed E-state index contributed by atoms with van der Waals surface area (Å²) in [7, 11) is 0. The summed E-state index contributed by atoms with van der Waals surface area (Å²) in [6.45, 7) is 3.99. The lowest BCUT2D eigenvalue weighted by Crippen LogP contribution is -2.04. The maximum atomic E-state index is 12.5. The third kappa shape index (κ3) is 3.45. The molecule has 0 radical (unpaired) electrons. The van der Waals surface area contributed by atoms with Crippen LogP contribution in [0.5, 0.6) is 0 Å². The van der Waals surface area contributed by atoms with Gasteiger partial charge in [0.25, 0.3) is 0 Å². The second kappa shape index (κ2) is 5.90. The average molecular weight is 294 g/mol. The predicted molar refractivity (Wildman–Crippen MR) is 76.9 cm³/mol. The summed E-state index contributed by atoms with van der Waals surface area (Å²) < 4.78 is 37.6. The lowest BCUT2D eigenvalue weighted by molar-refractivity contribution is -0.137. The van der Waals surface area contributed by atoms with Crippen LogP contribution in [0.1, 0.15) is 36.5 Å². The van der Waals surface area contributed by atoms with Crippen LogP contribution in [0.3, 0.4) is 0 Å². The van der Waals surface area contributed by atoms with E-state index in [2.05, 4.69) is 0 Å². The number of halogens is 3. The Morgan fingerprint density at radius 1 is 0.952 bits per heavy atom. The maximum absolute atomic E-state index is 12.5. The summed E-state index contributed by atoms with van der Waals surface area (Å²) in [5, 5.41) is 9.44. The number of aliphatic hydroxyl groups excluding tert-OH is 1. The van der Waals surface area contributed by atoms with E-state index in [9.17, 15) is 18.3 Å². The molecule has 0 bridgehead atoms. The van der Waals surface area contributed by atoms with Gasteiger partial charge >= 0.3 is 6.18 Å². The van der Waals surface area contributed by atoms with Crippen molar-refractivity contribution in [3.05, 3.63) is 59.2 Å². The zero-order valence-corrected chi connectivity index (χ0v) is 11.9. The molecule has 0 saturated carbocycles. The molecule has 0 aliphatic heterocycles. The van der Waals surface area contributed by atoms with Gasteiger partial charge in [0.1, 0.15) is 0 Å². The van der Waals surface area contributed by atoms with Gasteiger partial charge in [-0.3, -0.25) is 0 Å². The summed E-state index contributed by atoms with van der Waals surface area (Å²) in [5.41, 5.74) is 2.70. The van der Waals surface area contributed by atoms with Crippen LogP contribution >= 0.6 is 0 Å². The standard InChI is InChI=1S/C17H17F3O/c1-11(2)16-8-5-13(9-14(16)10-21)12-3-6-15(7-4-12)17(18,19)20/h3-9,11,21H,10H2,1-2H3. The van der Waals surface area contributed by atoms with E-state index in [1.165, 1.54) is 12.1 Å². The van der Waals surface area contributed by atoms with Gasteiger partial charge in [-0.15, -0.1) is 0 Å². The van der Waals surface area contributed by atoms with E-state index in [4.69, 9.17) is 0 Å². The SMILES string of the molecule is CC(C)c1ccc(-c2ccc(C(F)(F)F)cc2)cc1CO. The Balaban J connectivity index is 2.38. The van der Waals surface area contributed by atoms with Crippen molar-refractivity contribution in [1.29, 1.82) is 0 Å². The fraction of sp³-hybridized carbons (Fsp3) is 0.294. The smallest absolute Gasteiger partial charge is 0.392 e. The molecule has 0 amide bonds. The molecule has 0 aliphatic rings. The molecule has 2 rings (SSSR count). The van der Waals surface area contributed by atoms with Crippen LogP contribution < -0.4 is 0 Å². The van der Waals surface area contributed by atoms with Crippen molar-refractivity contribution >= 4 is 0 Å². The molecule has 0 aromatic heterocycles. The molecule has 112 valence electrons. The maximum Gasteiger partial charge on any atom is 0.416 e. The summed E-state index contributed by atoms with van der Waals surface area (Å²) in [4.78, 5) is 0. The fourth-order valence-electron chi connectivity index (χ4n) is 2.34. The second-order valence-electron chi connectivity index (χ2n) is 5.30. The van der Waals surface area contributed by atoms with Gasteiger partial charge in [0.15, 0.2) is 0 Å². The highest BCUT2D eigenvalue weighted by atomic mass is 19.4. The van der Waals surface area contributed by atoms with Crippen LogP contribution in [0.4, 0.5) is 13.2 Å². The largest absolute Gasteiger partial charge is 0.416 e. The second-order valence-corrected chi connectivity index (χ2v) is 5.30. The van der Waals surface area contributed by atoms with Crippen LogP contribution in [0.2, 0.25) is 0 Å². The van der Waals surface area contributed by atoms with Crippen molar-refractivity contribution < 1.29 is 18.3 Å². The minimum atomic E-state index is -4.32. The molecular weight excluding hydrogens is 277 g/mol. The lowest BCUT2D eigenvalue weighted by atomic mass is 9.93. The van der Waals surface area contributed by atoms with E-state index in [-0.39, 0.29) is 12.5 Å². The van der Waals surface area contributed by atoms with Gasteiger partial charge in [-0.25, -0.2) is 0 Å². The minimum Gasteiger partial charge on any atom is -0.392 e. The van der Waals surface area contributed by atoms with E-state index in [1.807, 2.05) is 32.0 Å². The molecule has 2 aromatic rings. The van der Waals surface area contributed by atoms with Gasteiger partial charge in [0, 0.05) is 0 Å². The molecular formula is C17H17F3O. The molecule has 2 aromatic carbocycles. The molecule has 1 N–H and O–H groups in total. The first kappa shape index (κ1) is 15.6. The highest BCUT2D eigenvalue weighted by Gasteiger charge is 2.29. The van der Waals surface area contributed by atoms with Gasteiger partial charge in [-0.1, -0.05) is 38.1 Å². The normalized spacial score (nSPS) is 12.0. The Labute approximate surface area is 122 Å². The topological polar surface area (TPSA) is 20.2 Å². The van der Waals surface area contributed by atoms with Crippen molar-refractivity contribution in [2.45, 2.75) is 32.5 Å². The van der Waals surface area contributed by atoms with E-state index < -0.39 is 11.7 Å². The van der Waals surface area contributed by atoms with E-state index in [0.29, 0.717) is 5.56 Å². The van der Waals surface area contributed by atoms with Gasteiger partial charge < -0.3 is 5.11 Å². The molecule has 0 heterocycles. The molecule has 1 nitrogen and oxygen atoms in total. The Hall–Kier alpha value is -1.81. The Bertz CT molecular complexity index is 613.